The predicted molar refractivity (Wildman–Crippen MR) is 120 cm³/mol. The maximum absolute atomic E-state index is 13.3. The van der Waals surface area contributed by atoms with Gasteiger partial charge in [-0.15, -0.1) is 0 Å². The molecule has 0 aliphatic carbocycles. The molecule has 1 aromatic heterocycles. The molecule has 1 saturated heterocycles. The van der Waals surface area contributed by atoms with Crippen LogP contribution in [0.25, 0.3) is 11.3 Å². The van der Waals surface area contributed by atoms with Gasteiger partial charge < -0.3 is 9.42 Å². The molecule has 7 nitrogen and oxygen atoms in total. The van der Waals surface area contributed by atoms with E-state index >= 15 is 0 Å². The Morgan fingerprint density at radius 1 is 1.06 bits per heavy atom. The van der Waals surface area contributed by atoms with E-state index in [-0.39, 0.29) is 5.91 Å². The summed E-state index contributed by atoms with van der Waals surface area (Å²) in [6, 6.07) is 15.7. The van der Waals surface area contributed by atoms with E-state index in [0.29, 0.717) is 43.8 Å². The summed E-state index contributed by atoms with van der Waals surface area (Å²) in [5, 5.41) is 3.87. The van der Waals surface area contributed by atoms with Crippen molar-refractivity contribution in [1.29, 1.82) is 0 Å². The Balaban J connectivity index is 1.41. The smallest absolute Gasteiger partial charge is 0.259 e. The summed E-state index contributed by atoms with van der Waals surface area (Å²) in [4.78, 5) is 15.1. The fourth-order valence-electron chi connectivity index (χ4n) is 5.06. The van der Waals surface area contributed by atoms with Crippen molar-refractivity contribution in [3.8, 4) is 11.3 Å². The highest BCUT2D eigenvalue weighted by atomic mass is 32.2. The van der Waals surface area contributed by atoms with Gasteiger partial charge in [0.05, 0.1) is 18.0 Å². The van der Waals surface area contributed by atoms with E-state index in [1.165, 1.54) is 12.5 Å². The minimum atomic E-state index is -3.40. The normalized spacial score (nSPS) is 18.1. The van der Waals surface area contributed by atoms with Crippen LogP contribution in [-0.2, 0) is 22.1 Å². The Hall–Kier alpha value is -2.97. The molecule has 0 unspecified atom stereocenters. The fourth-order valence-corrected chi connectivity index (χ4v) is 6.35. The molecule has 5 rings (SSSR count). The lowest BCUT2D eigenvalue weighted by molar-refractivity contribution is 0.0542. The topological polar surface area (TPSA) is 83.7 Å². The largest absolute Gasteiger partial charge is 0.355 e. The van der Waals surface area contributed by atoms with Crippen molar-refractivity contribution >= 4 is 15.9 Å². The molecule has 0 N–H and O–H groups in total. The minimum absolute atomic E-state index is 0.145. The number of amides is 1. The molecule has 2 aliphatic heterocycles. The van der Waals surface area contributed by atoms with Gasteiger partial charge in [0.2, 0.25) is 10.0 Å². The molecule has 32 heavy (non-hydrogen) atoms. The number of aryl methyl sites for hydroxylation is 1. The van der Waals surface area contributed by atoms with Crippen molar-refractivity contribution in [1.82, 2.24) is 14.4 Å². The van der Waals surface area contributed by atoms with Crippen molar-refractivity contribution in [2.45, 2.75) is 31.8 Å². The Bertz CT molecular complexity index is 1270. The van der Waals surface area contributed by atoms with Crippen LogP contribution in [0.3, 0.4) is 0 Å². The number of aromatic nitrogens is 1. The van der Waals surface area contributed by atoms with Crippen LogP contribution in [-0.4, -0.2) is 48.0 Å². The standard InChI is InChI=1S/C24H25N3O4S/c1-17-7-9-18(10-8-17)22-20(15-25-31-22)23(28)26-13-11-24(12-14-26)21-6-4-3-5-19(21)16-27(24)32(2,29)30/h3-10,15H,11-14,16H2,1-2H3. The van der Waals surface area contributed by atoms with Crippen molar-refractivity contribution in [3.05, 3.63) is 77.0 Å². The highest BCUT2D eigenvalue weighted by molar-refractivity contribution is 7.88. The third-order valence-corrected chi connectivity index (χ3v) is 7.98. The van der Waals surface area contributed by atoms with E-state index in [1.54, 1.807) is 9.21 Å². The number of sulfonamides is 1. The van der Waals surface area contributed by atoms with Crippen molar-refractivity contribution in [3.63, 3.8) is 0 Å². The number of carbonyl (C=O) groups excluding carboxylic acids is 1. The number of carbonyl (C=O) groups is 1. The average Bonchev–Trinajstić information content (AvgIpc) is 3.38. The molecule has 0 bridgehead atoms. The first-order chi connectivity index (χ1) is 15.3. The van der Waals surface area contributed by atoms with Gasteiger partial charge in [-0.3, -0.25) is 4.79 Å². The van der Waals surface area contributed by atoms with Gasteiger partial charge in [-0.05, 0) is 30.9 Å². The number of likely N-dealkylation sites (tertiary alicyclic amines) is 1. The summed E-state index contributed by atoms with van der Waals surface area (Å²) < 4.78 is 32.3. The van der Waals surface area contributed by atoms with Gasteiger partial charge in [0.1, 0.15) is 5.56 Å². The summed E-state index contributed by atoms with van der Waals surface area (Å²) in [7, 11) is -3.40. The van der Waals surface area contributed by atoms with Gasteiger partial charge in [0.15, 0.2) is 5.76 Å². The number of piperidine rings is 1. The lowest BCUT2D eigenvalue weighted by Crippen LogP contribution is -2.52. The molecule has 3 heterocycles. The zero-order valence-electron chi connectivity index (χ0n) is 18.1. The SMILES string of the molecule is Cc1ccc(-c2oncc2C(=O)N2CCC3(CC2)c2ccccc2CN3S(C)(=O)=O)cc1. The monoisotopic (exact) mass is 451 g/mol. The second-order valence-electron chi connectivity index (χ2n) is 8.69. The van der Waals surface area contributed by atoms with Gasteiger partial charge in [-0.2, -0.15) is 4.31 Å². The van der Waals surface area contributed by atoms with Crippen LogP contribution >= 0.6 is 0 Å². The molecule has 166 valence electrons. The fraction of sp³-hybridized carbons (Fsp3) is 0.333. The summed E-state index contributed by atoms with van der Waals surface area (Å²) in [6.07, 6.45) is 3.83. The summed E-state index contributed by atoms with van der Waals surface area (Å²) in [6.45, 7) is 3.29. The van der Waals surface area contributed by atoms with E-state index in [0.717, 1.165) is 22.3 Å². The molecular formula is C24H25N3O4S. The third-order valence-electron chi connectivity index (χ3n) is 6.70. The average molecular weight is 452 g/mol. The Kier molecular flexibility index (Phi) is 4.94. The molecule has 1 amide bonds. The van der Waals surface area contributed by atoms with E-state index < -0.39 is 15.6 Å². The van der Waals surface area contributed by atoms with Crippen LogP contribution in [0.2, 0.25) is 0 Å². The maximum Gasteiger partial charge on any atom is 0.259 e. The number of hydrogen-bond acceptors (Lipinski definition) is 5. The predicted octanol–water partition coefficient (Wildman–Crippen LogP) is 3.56. The van der Waals surface area contributed by atoms with Gasteiger partial charge in [-0.1, -0.05) is 59.3 Å². The van der Waals surface area contributed by atoms with Crippen LogP contribution in [0.1, 0.15) is 39.9 Å². The Morgan fingerprint density at radius 3 is 2.44 bits per heavy atom. The zero-order chi connectivity index (χ0) is 22.5. The molecule has 1 spiro atoms. The number of hydrogen-bond donors (Lipinski definition) is 0. The molecule has 0 atom stereocenters. The molecule has 0 radical (unpaired) electrons. The number of nitrogens with zero attached hydrogens (tertiary/aromatic N) is 3. The summed E-state index contributed by atoms with van der Waals surface area (Å²) in [5.74, 6) is 0.313. The van der Waals surface area contributed by atoms with Gasteiger partial charge in [-0.25, -0.2) is 8.42 Å². The van der Waals surface area contributed by atoms with Crippen molar-refractivity contribution in [2.75, 3.05) is 19.3 Å². The second kappa shape index (κ2) is 7.56. The lowest BCUT2D eigenvalue weighted by Gasteiger charge is -2.44. The third kappa shape index (κ3) is 3.34. The van der Waals surface area contributed by atoms with Crippen LogP contribution in [0.5, 0.6) is 0 Å². The van der Waals surface area contributed by atoms with Crippen LogP contribution < -0.4 is 0 Å². The first-order valence-corrected chi connectivity index (χ1v) is 12.5. The van der Waals surface area contributed by atoms with E-state index in [2.05, 4.69) is 5.16 Å². The van der Waals surface area contributed by atoms with E-state index in [9.17, 15) is 13.2 Å². The molecule has 3 aromatic rings. The molecule has 1 fully saturated rings. The first kappa shape index (κ1) is 20.9. The van der Waals surface area contributed by atoms with E-state index in [1.807, 2.05) is 55.5 Å². The Morgan fingerprint density at radius 2 is 1.75 bits per heavy atom. The maximum atomic E-state index is 13.3. The molecular weight excluding hydrogens is 426 g/mol. The molecule has 2 aliphatic rings. The van der Waals surface area contributed by atoms with Crippen LogP contribution in [0, 0.1) is 6.92 Å². The van der Waals surface area contributed by atoms with Crippen molar-refractivity contribution in [2.24, 2.45) is 0 Å². The minimum Gasteiger partial charge on any atom is -0.355 e. The number of rotatable bonds is 3. The number of benzene rings is 2. The zero-order valence-corrected chi connectivity index (χ0v) is 18.9. The van der Waals surface area contributed by atoms with Gasteiger partial charge >= 0.3 is 0 Å². The van der Waals surface area contributed by atoms with Gasteiger partial charge in [0, 0.05) is 25.2 Å². The van der Waals surface area contributed by atoms with Crippen LogP contribution in [0.15, 0.2) is 59.3 Å². The van der Waals surface area contributed by atoms with E-state index in [4.69, 9.17) is 4.52 Å². The second-order valence-corrected chi connectivity index (χ2v) is 10.6. The van der Waals surface area contributed by atoms with Crippen molar-refractivity contribution < 1.29 is 17.7 Å². The summed E-state index contributed by atoms with van der Waals surface area (Å²) >= 11 is 0. The Labute approximate surface area is 187 Å². The molecule has 8 heteroatoms. The van der Waals surface area contributed by atoms with Crippen LogP contribution in [0.4, 0.5) is 0 Å². The number of fused-ring (bicyclic) bond motifs is 2. The van der Waals surface area contributed by atoms with Gasteiger partial charge in [0.25, 0.3) is 5.91 Å². The first-order valence-electron chi connectivity index (χ1n) is 10.7. The lowest BCUT2D eigenvalue weighted by atomic mass is 9.81. The molecule has 2 aromatic carbocycles. The molecule has 0 saturated carbocycles. The highest BCUT2D eigenvalue weighted by Gasteiger charge is 2.51. The quantitative estimate of drug-likeness (QED) is 0.608. The summed E-state index contributed by atoms with van der Waals surface area (Å²) in [5.41, 5.74) is 3.85. The highest BCUT2D eigenvalue weighted by Crippen LogP contribution is 2.47.